The van der Waals surface area contributed by atoms with Gasteiger partial charge in [0.2, 0.25) is 11.9 Å². The summed E-state index contributed by atoms with van der Waals surface area (Å²) in [4.78, 5) is 45.1. The van der Waals surface area contributed by atoms with E-state index in [1.165, 1.54) is 21.3 Å². The van der Waals surface area contributed by atoms with Gasteiger partial charge >= 0.3 is 11.9 Å². The summed E-state index contributed by atoms with van der Waals surface area (Å²) >= 11 is 0. The van der Waals surface area contributed by atoms with Crippen molar-refractivity contribution >= 4 is 35.2 Å². The van der Waals surface area contributed by atoms with Gasteiger partial charge in [-0.3, -0.25) is 0 Å². The Morgan fingerprint density at radius 2 is 0.904 bits per heavy atom. The quantitative estimate of drug-likeness (QED) is 0.146. The molecule has 2 N–H and O–H groups in total. The van der Waals surface area contributed by atoms with Gasteiger partial charge < -0.3 is 29.8 Å². The van der Waals surface area contributed by atoms with Gasteiger partial charge in [0.05, 0.1) is 39.4 Å². The Morgan fingerprint density at radius 3 is 1.25 bits per heavy atom. The van der Waals surface area contributed by atoms with Crippen LogP contribution in [0.15, 0.2) is 107 Å². The molecule has 0 unspecified atom stereocenters. The standard InChI is InChI=1S/C40H44N6O6/c1-3-25-49-35-17-9-31(10-18-35)27-29-5-13-33(14-6-29)43-39-41-21-23-45(39)51-37(47)38(48)52-46-24-22-42-40(46)44-34-15-7-30(8-16-34)28-32-11-19-36(20-12-32)50-26-4-2/h5-20H,3-4,21-28H2,1-2H3,(H,41,43)(H,42,44). The summed E-state index contributed by atoms with van der Waals surface area (Å²) in [6.07, 6.45) is 3.49. The van der Waals surface area contributed by atoms with Crippen LogP contribution in [0, 0.1) is 0 Å². The molecule has 0 spiro atoms. The van der Waals surface area contributed by atoms with E-state index in [2.05, 4.69) is 58.7 Å². The molecule has 52 heavy (non-hydrogen) atoms. The monoisotopic (exact) mass is 704 g/mol. The van der Waals surface area contributed by atoms with E-state index in [4.69, 9.17) is 19.1 Å². The molecule has 270 valence electrons. The van der Waals surface area contributed by atoms with Crippen molar-refractivity contribution in [1.29, 1.82) is 0 Å². The van der Waals surface area contributed by atoms with E-state index in [0.29, 0.717) is 51.3 Å². The summed E-state index contributed by atoms with van der Waals surface area (Å²) in [7, 11) is 0. The smallest absolute Gasteiger partial charge is 0.444 e. The summed E-state index contributed by atoms with van der Waals surface area (Å²) in [5.41, 5.74) is 6.16. The van der Waals surface area contributed by atoms with Gasteiger partial charge in [-0.1, -0.05) is 62.4 Å². The van der Waals surface area contributed by atoms with Crippen molar-refractivity contribution < 1.29 is 28.7 Å². The highest BCUT2D eigenvalue weighted by molar-refractivity contribution is 6.30. The molecule has 0 aromatic heterocycles. The third-order valence-corrected chi connectivity index (χ3v) is 8.18. The van der Waals surface area contributed by atoms with Crippen LogP contribution >= 0.6 is 0 Å². The molecule has 4 aromatic carbocycles. The summed E-state index contributed by atoms with van der Waals surface area (Å²) in [5, 5.41) is 8.86. The first-order valence-electron chi connectivity index (χ1n) is 17.7. The Kier molecular flexibility index (Phi) is 12.2. The number of nitrogens with one attached hydrogen (secondary N) is 2. The average Bonchev–Trinajstić information content (AvgIpc) is 3.80. The third kappa shape index (κ3) is 10.0. The molecular formula is C40H44N6O6. The van der Waals surface area contributed by atoms with Crippen molar-refractivity contribution in [3.05, 3.63) is 119 Å². The van der Waals surface area contributed by atoms with E-state index in [9.17, 15) is 9.59 Å². The predicted molar refractivity (Wildman–Crippen MR) is 200 cm³/mol. The lowest BCUT2D eigenvalue weighted by molar-refractivity contribution is -0.198. The van der Waals surface area contributed by atoms with Crippen molar-refractivity contribution in [3.63, 3.8) is 0 Å². The van der Waals surface area contributed by atoms with Gasteiger partial charge in [0.1, 0.15) is 11.5 Å². The fourth-order valence-corrected chi connectivity index (χ4v) is 5.51. The van der Waals surface area contributed by atoms with Crippen molar-refractivity contribution in [1.82, 2.24) is 10.1 Å². The summed E-state index contributed by atoms with van der Waals surface area (Å²) < 4.78 is 11.3. The van der Waals surface area contributed by atoms with Crippen LogP contribution in [0.2, 0.25) is 0 Å². The minimum atomic E-state index is -1.17. The number of carbonyl (C=O) groups excluding carboxylic acids is 2. The minimum absolute atomic E-state index is 0.296. The lowest BCUT2D eigenvalue weighted by Crippen LogP contribution is -2.41. The Labute approximate surface area is 304 Å². The molecule has 0 saturated carbocycles. The zero-order chi connectivity index (χ0) is 36.1. The van der Waals surface area contributed by atoms with Crippen LogP contribution in [0.1, 0.15) is 48.9 Å². The lowest BCUT2D eigenvalue weighted by atomic mass is 10.0. The van der Waals surface area contributed by atoms with Crippen LogP contribution in [0.4, 0.5) is 11.4 Å². The summed E-state index contributed by atoms with van der Waals surface area (Å²) in [5.74, 6) is 0.0535. The SMILES string of the molecule is CCCOc1ccc(Cc2ccc(NC3=NCCN3OC(=O)C(=O)ON3CCN=C3Nc3ccc(Cc4ccc(OCCC)cc4)cc3)cc2)cc1. The fourth-order valence-electron chi connectivity index (χ4n) is 5.51. The maximum Gasteiger partial charge on any atom is 0.444 e. The van der Waals surface area contributed by atoms with Crippen LogP contribution < -0.4 is 20.1 Å². The number of rotatable bonds is 14. The van der Waals surface area contributed by atoms with Crippen LogP contribution in [0.5, 0.6) is 11.5 Å². The summed E-state index contributed by atoms with van der Waals surface area (Å²) in [6.45, 7) is 6.96. The number of carbonyl (C=O) groups is 2. The largest absolute Gasteiger partial charge is 0.494 e. The minimum Gasteiger partial charge on any atom is -0.494 e. The first-order chi connectivity index (χ1) is 25.4. The number of hydrogen-bond acceptors (Lipinski definition) is 12. The maximum atomic E-state index is 12.8. The molecule has 0 atom stereocenters. The van der Waals surface area contributed by atoms with Gasteiger partial charge in [-0.15, -0.1) is 0 Å². The molecule has 0 saturated heterocycles. The van der Waals surface area contributed by atoms with E-state index in [0.717, 1.165) is 59.7 Å². The van der Waals surface area contributed by atoms with Gasteiger partial charge in [0.15, 0.2) is 0 Å². The first-order valence-corrected chi connectivity index (χ1v) is 17.7. The van der Waals surface area contributed by atoms with Gasteiger partial charge in [0, 0.05) is 11.4 Å². The Bertz CT molecular complexity index is 1710. The molecule has 0 amide bonds. The van der Waals surface area contributed by atoms with E-state index in [-0.39, 0.29) is 0 Å². The molecule has 6 rings (SSSR count). The molecule has 0 bridgehead atoms. The second kappa shape index (κ2) is 17.8. The molecule has 2 aliphatic heterocycles. The van der Waals surface area contributed by atoms with Crippen molar-refractivity contribution in [2.24, 2.45) is 9.98 Å². The molecule has 0 radical (unpaired) electrons. The average molecular weight is 705 g/mol. The topological polar surface area (TPSA) is 126 Å². The van der Waals surface area contributed by atoms with Gasteiger partial charge in [0.25, 0.3) is 0 Å². The predicted octanol–water partition coefficient (Wildman–Crippen LogP) is 6.23. The maximum absolute atomic E-state index is 12.8. The first kappa shape index (κ1) is 35.8. The zero-order valence-electron chi connectivity index (χ0n) is 29.5. The van der Waals surface area contributed by atoms with Crippen molar-refractivity contribution in [2.45, 2.75) is 39.5 Å². The number of hydroxylamine groups is 4. The number of ether oxygens (including phenoxy) is 2. The van der Waals surface area contributed by atoms with Crippen LogP contribution in [-0.4, -0.2) is 73.4 Å². The Hall–Kier alpha value is -6.04. The molecule has 2 heterocycles. The highest BCUT2D eigenvalue weighted by Crippen LogP contribution is 2.20. The molecule has 4 aromatic rings. The highest BCUT2D eigenvalue weighted by Gasteiger charge is 2.31. The van der Waals surface area contributed by atoms with Crippen LogP contribution in [-0.2, 0) is 32.1 Å². The molecule has 0 fully saturated rings. The fraction of sp³-hybridized carbons (Fsp3) is 0.300. The van der Waals surface area contributed by atoms with E-state index >= 15 is 0 Å². The molecule has 12 heteroatoms. The molecule has 2 aliphatic rings. The second-order valence-electron chi connectivity index (χ2n) is 12.4. The normalized spacial score (nSPS) is 13.7. The number of nitrogens with zero attached hydrogens (tertiary/aromatic N) is 4. The molecule has 0 aliphatic carbocycles. The number of anilines is 2. The van der Waals surface area contributed by atoms with Gasteiger partial charge in [-0.2, -0.15) is 10.1 Å². The van der Waals surface area contributed by atoms with E-state index < -0.39 is 11.9 Å². The Balaban J connectivity index is 0.948. The Morgan fingerprint density at radius 1 is 0.558 bits per heavy atom. The van der Waals surface area contributed by atoms with Crippen molar-refractivity contribution in [3.8, 4) is 11.5 Å². The van der Waals surface area contributed by atoms with Gasteiger partial charge in [-0.05, 0) is 96.5 Å². The number of guanidine groups is 2. The van der Waals surface area contributed by atoms with Gasteiger partial charge in [-0.25, -0.2) is 19.6 Å². The highest BCUT2D eigenvalue weighted by atomic mass is 16.8. The number of hydrogen-bond donors (Lipinski definition) is 2. The van der Waals surface area contributed by atoms with Crippen LogP contribution in [0.25, 0.3) is 0 Å². The zero-order valence-corrected chi connectivity index (χ0v) is 29.5. The molecular weight excluding hydrogens is 660 g/mol. The number of aliphatic imine (C=N–C) groups is 2. The third-order valence-electron chi connectivity index (χ3n) is 8.18. The second-order valence-corrected chi connectivity index (χ2v) is 12.4. The number of benzene rings is 4. The lowest BCUT2D eigenvalue weighted by Gasteiger charge is -2.21. The van der Waals surface area contributed by atoms with E-state index in [1.807, 2.05) is 72.8 Å². The summed E-state index contributed by atoms with van der Waals surface area (Å²) in [6, 6.07) is 32.1. The van der Waals surface area contributed by atoms with Crippen LogP contribution in [0.3, 0.4) is 0 Å². The van der Waals surface area contributed by atoms with E-state index in [1.54, 1.807) is 0 Å². The van der Waals surface area contributed by atoms with Crippen molar-refractivity contribution in [2.75, 3.05) is 50.0 Å². The molecule has 12 nitrogen and oxygen atoms in total.